The zero-order chi connectivity index (χ0) is 21.2. The largest absolute Gasteiger partial charge is 0.482 e. The zero-order valence-electron chi connectivity index (χ0n) is 17.8. The third kappa shape index (κ3) is 5.02. The maximum absolute atomic E-state index is 12.1. The lowest BCUT2D eigenvalue weighted by Crippen LogP contribution is -2.38. The number of methoxy groups -OCH3 is 1. The Morgan fingerprint density at radius 2 is 2.03 bits per heavy atom. The number of nitrogens with zero attached hydrogens (tertiary/aromatic N) is 1. The number of carbonyl (C=O) groups is 2. The molecule has 0 fully saturated rings. The van der Waals surface area contributed by atoms with Gasteiger partial charge in [-0.15, -0.1) is 0 Å². The quantitative estimate of drug-likeness (QED) is 0.747. The maximum atomic E-state index is 12.1. The Kier molecular flexibility index (Phi) is 6.05. The summed E-state index contributed by atoms with van der Waals surface area (Å²) in [5.74, 6) is 0.209. The van der Waals surface area contributed by atoms with Crippen molar-refractivity contribution in [3.8, 4) is 5.75 Å². The molecule has 7 nitrogen and oxygen atoms in total. The highest BCUT2D eigenvalue weighted by Gasteiger charge is 2.24. The summed E-state index contributed by atoms with van der Waals surface area (Å²) in [4.78, 5) is 23.5. The van der Waals surface area contributed by atoms with Crippen molar-refractivity contribution >= 4 is 23.0 Å². The van der Waals surface area contributed by atoms with E-state index < -0.39 is 17.7 Å². The number of aromatic nitrogens is 1. The van der Waals surface area contributed by atoms with E-state index in [1.54, 1.807) is 0 Å². The lowest BCUT2D eigenvalue weighted by molar-refractivity contribution is -0.142. The first-order valence-corrected chi connectivity index (χ1v) is 10.0. The highest BCUT2D eigenvalue weighted by molar-refractivity contribution is 5.87. The number of fused-ring (bicyclic) bond motifs is 3. The van der Waals surface area contributed by atoms with Gasteiger partial charge in [-0.3, -0.25) is 0 Å². The number of nitrogens with one attached hydrogen (secondary N) is 1. The minimum atomic E-state index is -0.528. The van der Waals surface area contributed by atoms with Crippen molar-refractivity contribution in [2.75, 3.05) is 13.7 Å². The number of ether oxygens (including phenoxy) is 3. The van der Waals surface area contributed by atoms with E-state index in [0.717, 1.165) is 30.3 Å². The van der Waals surface area contributed by atoms with E-state index in [1.165, 1.54) is 18.4 Å². The van der Waals surface area contributed by atoms with Gasteiger partial charge in [-0.1, -0.05) is 0 Å². The molecule has 7 heteroatoms. The molecule has 1 N–H and O–H groups in total. The Balaban J connectivity index is 1.82. The monoisotopic (exact) mass is 402 g/mol. The van der Waals surface area contributed by atoms with Crippen molar-refractivity contribution in [3.05, 3.63) is 29.5 Å². The molecule has 0 saturated carbocycles. The summed E-state index contributed by atoms with van der Waals surface area (Å²) < 4.78 is 17.9. The number of hydrogen-bond donors (Lipinski definition) is 1. The molecule has 1 aliphatic heterocycles. The van der Waals surface area contributed by atoms with Gasteiger partial charge in [0.05, 0.1) is 7.11 Å². The van der Waals surface area contributed by atoms with Crippen LogP contribution in [-0.4, -0.2) is 42.0 Å². The molecule has 1 aliphatic rings. The van der Waals surface area contributed by atoms with Gasteiger partial charge < -0.3 is 24.1 Å². The van der Waals surface area contributed by atoms with Crippen LogP contribution in [-0.2, 0) is 33.7 Å². The smallest absolute Gasteiger partial charge is 0.407 e. The van der Waals surface area contributed by atoms with E-state index in [9.17, 15) is 9.59 Å². The average molecular weight is 402 g/mol. The van der Waals surface area contributed by atoms with Gasteiger partial charge in [0.1, 0.15) is 11.4 Å². The molecule has 1 unspecified atom stereocenters. The molecule has 0 bridgehead atoms. The third-order valence-electron chi connectivity index (χ3n) is 4.91. The summed E-state index contributed by atoms with van der Waals surface area (Å²) in [7, 11) is 1.34. The Bertz CT molecular complexity index is 910. The van der Waals surface area contributed by atoms with E-state index in [2.05, 4.69) is 14.6 Å². The molecule has 158 valence electrons. The van der Waals surface area contributed by atoms with Crippen LogP contribution in [0.15, 0.2) is 18.2 Å². The van der Waals surface area contributed by atoms with Crippen molar-refractivity contribution in [3.63, 3.8) is 0 Å². The fraction of sp³-hybridized carbons (Fsp3) is 0.545. The van der Waals surface area contributed by atoms with Crippen LogP contribution >= 0.6 is 0 Å². The van der Waals surface area contributed by atoms with E-state index in [1.807, 2.05) is 45.9 Å². The SMILES string of the molecule is COC(=O)COc1ccc2c(c1)c(CC(C)NC(=O)OC(C)(C)C)c1n2CCC1. The number of aryl methyl sites for hydroxylation is 1. The van der Waals surface area contributed by atoms with Crippen molar-refractivity contribution in [1.29, 1.82) is 0 Å². The van der Waals surface area contributed by atoms with E-state index in [4.69, 9.17) is 9.47 Å². The molecule has 0 aliphatic carbocycles. The molecular formula is C22H30N2O5. The van der Waals surface area contributed by atoms with Crippen LogP contribution in [0, 0.1) is 0 Å². The number of alkyl carbamates (subject to hydrolysis) is 1. The summed E-state index contributed by atoms with van der Waals surface area (Å²) in [5, 5.41) is 4.03. The zero-order valence-corrected chi connectivity index (χ0v) is 17.8. The van der Waals surface area contributed by atoms with Gasteiger partial charge in [-0.05, 0) is 70.7 Å². The summed E-state index contributed by atoms with van der Waals surface area (Å²) in [6, 6.07) is 5.80. The molecule has 3 rings (SSSR count). The first kappa shape index (κ1) is 21.0. The molecule has 0 radical (unpaired) electrons. The van der Waals surface area contributed by atoms with Crippen molar-refractivity contribution in [2.24, 2.45) is 0 Å². The average Bonchev–Trinajstić information content (AvgIpc) is 3.20. The van der Waals surface area contributed by atoms with Gasteiger partial charge >= 0.3 is 12.1 Å². The molecular weight excluding hydrogens is 372 g/mol. The second-order valence-corrected chi connectivity index (χ2v) is 8.48. The minimum Gasteiger partial charge on any atom is -0.482 e. The highest BCUT2D eigenvalue weighted by atomic mass is 16.6. The topological polar surface area (TPSA) is 78.8 Å². The number of carbonyl (C=O) groups excluding carboxylic acids is 2. The number of rotatable bonds is 6. The van der Waals surface area contributed by atoms with Crippen LogP contribution in [0.5, 0.6) is 5.75 Å². The number of amides is 1. The van der Waals surface area contributed by atoms with Crippen molar-refractivity contribution < 1.29 is 23.8 Å². The lowest BCUT2D eigenvalue weighted by Gasteiger charge is -2.22. The molecule has 2 aromatic rings. The molecule has 1 aromatic heterocycles. The van der Waals surface area contributed by atoms with Gasteiger partial charge in [0, 0.05) is 29.2 Å². The summed E-state index contributed by atoms with van der Waals surface area (Å²) in [5.41, 5.74) is 3.15. The third-order valence-corrected chi connectivity index (χ3v) is 4.91. The highest BCUT2D eigenvalue weighted by Crippen LogP contribution is 2.34. The minimum absolute atomic E-state index is 0.0830. The first-order valence-electron chi connectivity index (χ1n) is 10.0. The van der Waals surface area contributed by atoms with Crippen LogP contribution in [0.2, 0.25) is 0 Å². The lowest BCUT2D eigenvalue weighted by atomic mass is 10.0. The second-order valence-electron chi connectivity index (χ2n) is 8.48. The van der Waals surface area contributed by atoms with Crippen molar-refractivity contribution in [2.45, 2.75) is 65.1 Å². The normalized spacial score (nSPS) is 14.4. The fourth-order valence-electron chi connectivity index (χ4n) is 3.79. The Morgan fingerprint density at radius 3 is 2.72 bits per heavy atom. The van der Waals surface area contributed by atoms with E-state index in [0.29, 0.717) is 12.2 Å². The van der Waals surface area contributed by atoms with E-state index >= 15 is 0 Å². The molecule has 1 amide bonds. The maximum Gasteiger partial charge on any atom is 0.407 e. The Morgan fingerprint density at radius 1 is 1.28 bits per heavy atom. The molecule has 29 heavy (non-hydrogen) atoms. The molecule has 0 saturated heterocycles. The van der Waals surface area contributed by atoms with Gasteiger partial charge in [-0.25, -0.2) is 9.59 Å². The van der Waals surface area contributed by atoms with Gasteiger partial charge in [0.2, 0.25) is 0 Å². The van der Waals surface area contributed by atoms with Crippen LogP contribution in [0.1, 0.15) is 45.4 Å². The van der Waals surface area contributed by atoms with Gasteiger partial charge in [-0.2, -0.15) is 0 Å². The Hall–Kier alpha value is -2.70. The number of hydrogen-bond acceptors (Lipinski definition) is 5. The molecule has 2 heterocycles. The van der Waals surface area contributed by atoms with Gasteiger partial charge in [0.15, 0.2) is 6.61 Å². The van der Waals surface area contributed by atoms with Crippen LogP contribution in [0.4, 0.5) is 4.79 Å². The number of esters is 1. The second kappa shape index (κ2) is 8.35. The molecule has 1 atom stereocenters. The van der Waals surface area contributed by atoms with Crippen LogP contribution < -0.4 is 10.1 Å². The first-order chi connectivity index (χ1) is 13.7. The summed E-state index contributed by atoms with van der Waals surface area (Å²) in [6.45, 7) is 8.39. The molecule has 0 spiro atoms. The van der Waals surface area contributed by atoms with Crippen molar-refractivity contribution in [1.82, 2.24) is 9.88 Å². The predicted molar refractivity (Wildman–Crippen MR) is 110 cm³/mol. The van der Waals surface area contributed by atoms with Gasteiger partial charge in [0.25, 0.3) is 0 Å². The van der Waals surface area contributed by atoms with Crippen LogP contribution in [0.3, 0.4) is 0 Å². The summed E-state index contributed by atoms with van der Waals surface area (Å²) in [6.07, 6.45) is 2.42. The molecule has 1 aromatic carbocycles. The summed E-state index contributed by atoms with van der Waals surface area (Å²) >= 11 is 0. The Labute approximate surface area is 171 Å². The fourth-order valence-corrected chi connectivity index (χ4v) is 3.79. The number of benzene rings is 1. The van der Waals surface area contributed by atoms with E-state index in [-0.39, 0.29) is 12.6 Å². The predicted octanol–water partition coefficient (Wildman–Crippen LogP) is 3.60. The standard InChI is InChI=1S/C22H30N2O5/c1-14(23-21(26)29-22(2,3)4)11-16-17-12-15(28-13-20(25)27-5)8-9-19(17)24-10-6-7-18(16)24/h8-9,12,14H,6-7,10-11,13H2,1-5H3,(H,23,26). The van der Waals surface area contributed by atoms with Crippen LogP contribution in [0.25, 0.3) is 10.9 Å².